The van der Waals surface area contributed by atoms with Crippen LogP contribution in [0.2, 0.25) is 5.02 Å². The third-order valence-electron chi connectivity index (χ3n) is 4.30. The van der Waals surface area contributed by atoms with Crippen molar-refractivity contribution >= 4 is 29.3 Å². The van der Waals surface area contributed by atoms with Crippen LogP contribution in [0.4, 0.5) is 10.5 Å². The van der Waals surface area contributed by atoms with Crippen molar-refractivity contribution in [3.8, 4) is 0 Å². The number of carbonyl (C=O) groups excluding carboxylic acids is 2. The summed E-state index contributed by atoms with van der Waals surface area (Å²) in [5.41, 5.74) is 1.72. The van der Waals surface area contributed by atoms with Gasteiger partial charge in [-0.2, -0.15) is 0 Å². The van der Waals surface area contributed by atoms with Gasteiger partial charge in [0, 0.05) is 43.1 Å². The maximum atomic E-state index is 13.1. The molecule has 142 valence electrons. The summed E-state index contributed by atoms with van der Waals surface area (Å²) < 4.78 is 4.69. The fourth-order valence-corrected chi connectivity index (χ4v) is 3.04. The van der Waals surface area contributed by atoms with Crippen LogP contribution in [0.1, 0.15) is 16.1 Å². The van der Waals surface area contributed by atoms with Crippen molar-refractivity contribution in [2.75, 3.05) is 38.2 Å². The quantitative estimate of drug-likeness (QED) is 0.815. The second kappa shape index (κ2) is 8.83. The Morgan fingerprint density at radius 1 is 1.26 bits per heavy atom. The Morgan fingerprint density at radius 3 is 2.67 bits per heavy atom. The van der Waals surface area contributed by atoms with Gasteiger partial charge >= 0.3 is 12.0 Å². The number of methoxy groups -OCH3 is 1. The molecular formula is C19H21ClN4O3. The number of anilines is 1. The molecule has 3 rings (SSSR count). The van der Waals surface area contributed by atoms with Gasteiger partial charge in [-0.25, -0.2) is 9.59 Å². The van der Waals surface area contributed by atoms with Crippen molar-refractivity contribution in [1.82, 2.24) is 15.2 Å². The summed E-state index contributed by atoms with van der Waals surface area (Å²) in [7, 11) is 1.32. The summed E-state index contributed by atoms with van der Waals surface area (Å²) in [5, 5.41) is 3.79. The number of urea groups is 1. The Kier molecular flexibility index (Phi) is 6.26. The molecule has 1 aromatic carbocycles. The Bertz CT molecular complexity index is 807. The molecule has 0 bridgehead atoms. The van der Waals surface area contributed by atoms with E-state index < -0.39 is 5.97 Å². The number of piperazine rings is 1. The predicted molar refractivity (Wildman–Crippen MR) is 103 cm³/mol. The highest BCUT2D eigenvalue weighted by atomic mass is 35.5. The van der Waals surface area contributed by atoms with E-state index in [1.165, 1.54) is 13.3 Å². The first-order valence-electron chi connectivity index (χ1n) is 8.64. The lowest BCUT2D eigenvalue weighted by molar-refractivity contribution is 0.0600. The third-order valence-corrected chi connectivity index (χ3v) is 4.54. The number of benzene rings is 1. The Hall–Kier alpha value is -2.64. The van der Waals surface area contributed by atoms with Crippen molar-refractivity contribution in [2.45, 2.75) is 6.54 Å². The van der Waals surface area contributed by atoms with Gasteiger partial charge in [-0.3, -0.25) is 9.88 Å². The minimum atomic E-state index is -0.447. The molecule has 1 aromatic heterocycles. The summed E-state index contributed by atoms with van der Waals surface area (Å²) in [6.45, 7) is 3.09. The van der Waals surface area contributed by atoms with E-state index in [0.29, 0.717) is 35.1 Å². The lowest BCUT2D eigenvalue weighted by Crippen LogP contribution is -2.51. The van der Waals surface area contributed by atoms with E-state index in [1.807, 2.05) is 12.1 Å². The Morgan fingerprint density at radius 2 is 2.04 bits per heavy atom. The number of carbonyl (C=O) groups is 2. The fourth-order valence-electron chi connectivity index (χ4n) is 2.86. The molecule has 0 saturated carbocycles. The molecule has 2 heterocycles. The van der Waals surface area contributed by atoms with Gasteiger partial charge in [0.05, 0.1) is 24.9 Å². The summed E-state index contributed by atoms with van der Waals surface area (Å²) in [4.78, 5) is 32.4. The molecule has 1 fully saturated rings. The molecule has 0 unspecified atom stereocenters. The summed E-state index contributed by atoms with van der Waals surface area (Å²) in [5.74, 6) is -0.447. The second-order valence-corrected chi connectivity index (χ2v) is 6.55. The van der Waals surface area contributed by atoms with Crippen molar-refractivity contribution in [2.24, 2.45) is 0 Å². The van der Waals surface area contributed by atoms with E-state index in [9.17, 15) is 9.59 Å². The molecule has 2 amide bonds. The first kappa shape index (κ1) is 19.1. The van der Waals surface area contributed by atoms with E-state index in [1.54, 1.807) is 34.1 Å². The lowest BCUT2D eigenvalue weighted by Gasteiger charge is -2.33. The number of ether oxygens (including phenoxy) is 1. The SMILES string of the molecule is COC(=O)c1ccc(CN(C(=O)N2CCNCC2)c2cccc(Cl)c2)nc1. The highest BCUT2D eigenvalue weighted by Gasteiger charge is 2.24. The number of amides is 2. The topological polar surface area (TPSA) is 74.8 Å². The molecule has 8 heteroatoms. The van der Waals surface area contributed by atoms with Gasteiger partial charge in [0.15, 0.2) is 0 Å². The van der Waals surface area contributed by atoms with Crippen molar-refractivity contribution in [3.63, 3.8) is 0 Å². The molecule has 0 radical (unpaired) electrons. The number of hydrogen-bond donors (Lipinski definition) is 1. The van der Waals surface area contributed by atoms with Crippen LogP contribution in [0.15, 0.2) is 42.6 Å². The largest absolute Gasteiger partial charge is 0.465 e. The molecule has 1 aliphatic rings. The van der Waals surface area contributed by atoms with Crippen LogP contribution in [0.25, 0.3) is 0 Å². The van der Waals surface area contributed by atoms with Gasteiger partial charge in [0.1, 0.15) is 0 Å². The van der Waals surface area contributed by atoms with Gasteiger partial charge in [-0.1, -0.05) is 17.7 Å². The van der Waals surface area contributed by atoms with Gasteiger partial charge in [-0.15, -0.1) is 0 Å². The van der Waals surface area contributed by atoms with Gasteiger partial charge in [0.2, 0.25) is 0 Å². The van der Waals surface area contributed by atoms with Crippen molar-refractivity contribution in [1.29, 1.82) is 0 Å². The molecule has 0 aliphatic carbocycles. The Balaban J connectivity index is 1.85. The van der Waals surface area contributed by atoms with Crippen LogP contribution in [0, 0.1) is 0 Å². The van der Waals surface area contributed by atoms with Crippen LogP contribution in [-0.2, 0) is 11.3 Å². The number of rotatable bonds is 4. The number of halogens is 1. The van der Waals surface area contributed by atoms with E-state index >= 15 is 0 Å². The highest BCUT2D eigenvalue weighted by Crippen LogP contribution is 2.23. The van der Waals surface area contributed by atoms with E-state index in [0.717, 1.165) is 13.1 Å². The van der Waals surface area contributed by atoms with E-state index in [-0.39, 0.29) is 12.6 Å². The average molecular weight is 389 g/mol. The van der Waals surface area contributed by atoms with E-state index in [4.69, 9.17) is 11.6 Å². The standard InChI is InChI=1S/C19H21ClN4O3/c1-27-18(25)14-5-6-16(22-12-14)13-24(17-4-2-3-15(20)11-17)19(26)23-9-7-21-8-10-23/h2-6,11-12,21H,7-10,13H2,1H3. The predicted octanol–water partition coefficient (Wildman–Crippen LogP) is 2.55. The minimum Gasteiger partial charge on any atom is -0.465 e. The van der Waals surface area contributed by atoms with Crippen LogP contribution in [-0.4, -0.2) is 55.2 Å². The smallest absolute Gasteiger partial charge is 0.339 e. The minimum absolute atomic E-state index is 0.0994. The molecule has 1 saturated heterocycles. The highest BCUT2D eigenvalue weighted by molar-refractivity contribution is 6.30. The first-order valence-corrected chi connectivity index (χ1v) is 9.02. The van der Waals surface area contributed by atoms with Crippen LogP contribution >= 0.6 is 11.6 Å². The van der Waals surface area contributed by atoms with Crippen LogP contribution in [0.3, 0.4) is 0 Å². The first-order chi connectivity index (χ1) is 13.1. The van der Waals surface area contributed by atoms with Crippen molar-refractivity contribution < 1.29 is 14.3 Å². The average Bonchev–Trinajstić information content (AvgIpc) is 2.72. The van der Waals surface area contributed by atoms with Crippen LogP contribution < -0.4 is 10.2 Å². The zero-order chi connectivity index (χ0) is 19.2. The maximum absolute atomic E-state index is 13.1. The number of pyridine rings is 1. The number of hydrogen-bond acceptors (Lipinski definition) is 5. The molecule has 2 aromatic rings. The summed E-state index contributed by atoms with van der Waals surface area (Å²) in [6.07, 6.45) is 1.45. The third kappa shape index (κ3) is 4.75. The van der Waals surface area contributed by atoms with Crippen LogP contribution in [0.5, 0.6) is 0 Å². The second-order valence-electron chi connectivity index (χ2n) is 6.12. The molecule has 0 atom stereocenters. The molecule has 1 aliphatic heterocycles. The van der Waals surface area contributed by atoms with Gasteiger partial charge in [0.25, 0.3) is 0 Å². The molecular weight excluding hydrogens is 368 g/mol. The summed E-state index contributed by atoms with van der Waals surface area (Å²) >= 11 is 6.13. The Labute approximate surface area is 162 Å². The molecule has 27 heavy (non-hydrogen) atoms. The molecule has 1 N–H and O–H groups in total. The fraction of sp³-hybridized carbons (Fsp3) is 0.316. The number of nitrogens with zero attached hydrogens (tertiary/aromatic N) is 3. The summed E-state index contributed by atoms with van der Waals surface area (Å²) in [6, 6.07) is 10.4. The normalized spacial score (nSPS) is 13.9. The van der Waals surface area contributed by atoms with Gasteiger partial charge < -0.3 is 15.0 Å². The zero-order valence-electron chi connectivity index (χ0n) is 15.0. The zero-order valence-corrected chi connectivity index (χ0v) is 15.8. The molecule has 7 nitrogen and oxygen atoms in total. The number of nitrogens with one attached hydrogen (secondary N) is 1. The lowest BCUT2D eigenvalue weighted by atomic mass is 10.2. The van der Waals surface area contributed by atoms with Crippen molar-refractivity contribution in [3.05, 3.63) is 58.9 Å². The van der Waals surface area contributed by atoms with E-state index in [2.05, 4.69) is 15.0 Å². The van der Waals surface area contributed by atoms with Gasteiger partial charge in [-0.05, 0) is 30.3 Å². The molecule has 0 spiro atoms. The monoisotopic (exact) mass is 388 g/mol. The maximum Gasteiger partial charge on any atom is 0.339 e. The number of esters is 1. The number of aromatic nitrogens is 1.